The summed E-state index contributed by atoms with van der Waals surface area (Å²) in [5.41, 5.74) is 0.508. The summed E-state index contributed by atoms with van der Waals surface area (Å²) in [6, 6.07) is 8.91. The first-order valence-corrected chi connectivity index (χ1v) is 10.6. The van der Waals surface area contributed by atoms with Crippen molar-refractivity contribution in [3.05, 3.63) is 60.2 Å². The molecule has 29 heavy (non-hydrogen) atoms. The fourth-order valence-corrected chi connectivity index (χ4v) is 4.79. The Morgan fingerprint density at radius 3 is 2.90 bits per heavy atom. The molecule has 1 aromatic carbocycles. The molecule has 1 N–H and O–H groups in total. The van der Waals surface area contributed by atoms with E-state index in [2.05, 4.69) is 12.2 Å². The number of benzene rings is 1. The first-order chi connectivity index (χ1) is 14.1. The second-order valence-corrected chi connectivity index (χ2v) is 8.33. The number of carbonyl (C=O) groups excluding carboxylic acids is 2. The van der Waals surface area contributed by atoms with Crippen molar-refractivity contribution in [2.75, 3.05) is 0 Å². The second-order valence-electron chi connectivity index (χ2n) is 8.33. The molecule has 154 valence electrons. The topological polar surface area (TPSA) is 72.8 Å². The van der Waals surface area contributed by atoms with Crippen LogP contribution in [0.25, 0.3) is 0 Å². The Morgan fingerprint density at radius 2 is 2.14 bits per heavy atom. The third-order valence-corrected chi connectivity index (χ3v) is 6.27. The Bertz CT molecular complexity index is 784. The maximum absolute atomic E-state index is 12.5. The van der Waals surface area contributed by atoms with E-state index in [9.17, 15) is 14.7 Å². The summed E-state index contributed by atoms with van der Waals surface area (Å²) in [7, 11) is 0. The number of aliphatic hydroxyl groups excluding tert-OH is 1. The molecule has 6 atom stereocenters. The Labute approximate surface area is 171 Å². The number of esters is 2. The van der Waals surface area contributed by atoms with E-state index in [1.54, 1.807) is 24.3 Å². The van der Waals surface area contributed by atoms with Crippen molar-refractivity contribution in [2.45, 2.75) is 56.8 Å². The van der Waals surface area contributed by atoms with Crippen molar-refractivity contribution in [1.29, 1.82) is 0 Å². The number of ether oxygens (including phenoxy) is 2. The van der Waals surface area contributed by atoms with Gasteiger partial charge in [-0.1, -0.05) is 42.5 Å². The Balaban J connectivity index is 1.43. The number of aliphatic hydroxyl groups is 1. The molecule has 1 aliphatic heterocycles. The van der Waals surface area contributed by atoms with Crippen molar-refractivity contribution in [3.8, 4) is 0 Å². The lowest BCUT2D eigenvalue weighted by molar-refractivity contribution is -0.141. The molecule has 0 radical (unpaired) electrons. The van der Waals surface area contributed by atoms with Gasteiger partial charge in [0.1, 0.15) is 12.2 Å². The SMILES string of the molecule is O=C1C[C@@H]2[C@@H](C=C[C@@H](O)CC3C=CCCC3)[C@H](OC(=O)c3ccccc3)C[C@@H]2O1. The van der Waals surface area contributed by atoms with E-state index in [0.29, 0.717) is 30.7 Å². The maximum Gasteiger partial charge on any atom is 0.338 e. The molecular formula is C24H28O5. The predicted octanol–water partition coefficient (Wildman–Crippen LogP) is 3.83. The van der Waals surface area contributed by atoms with Gasteiger partial charge in [0.25, 0.3) is 0 Å². The molecule has 0 aromatic heterocycles. The molecule has 5 heteroatoms. The monoisotopic (exact) mass is 396 g/mol. The summed E-state index contributed by atoms with van der Waals surface area (Å²) in [5.74, 6) is -0.292. The highest BCUT2D eigenvalue weighted by Gasteiger charge is 2.50. The summed E-state index contributed by atoms with van der Waals surface area (Å²) in [6.45, 7) is 0. The van der Waals surface area contributed by atoms with Gasteiger partial charge in [-0.2, -0.15) is 0 Å². The van der Waals surface area contributed by atoms with Gasteiger partial charge >= 0.3 is 11.9 Å². The maximum atomic E-state index is 12.5. The highest BCUT2D eigenvalue weighted by molar-refractivity contribution is 5.89. The van der Waals surface area contributed by atoms with Gasteiger partial charge in [-0.15, -0.1) is 0 Å². The van der Waals surface area contributed by atoms with Crippen molar-refractivity contribution < 1.29 is 24.2 Å². The molecule has 5 nitrogen and oxygen atoms in total. The van der Waals surface area contributed by atoms with Gasteiger partial charge in [-0.05, 0) is 43.7 Å². The van der Waals surface area contributed by atoms with E-state index in [-0.39, 0.29) is 36.0 Å². The largest absolute Gasteiger partial charge is 0.462 e. The average molecular weight is 396 g/mol. The zero-order chi connectivity index (χ0) is 20.2. The number of hydrogen-bond donors (Lipinski definition) is 1. The van der Waals surface area contributed by atoms with Crippen LogP contribution in [0, 0.1) is 17.8 Å². The van der Waals surface area contributed by atoms with Crippen molar-refractivity contribution in [3.63, 3.8) is 0 Å². The molecule has 1 saturated heterocycles. The summed E-state index contributed by atoms with van der Waals surface area (Å²) in [6.07, 6.45) is 11.9. The van der Waals surface area contributed by atoms with Crippen LogP contribution >= 0.6 is 0 Å². The molecule has 0 bridgehead atoms. The fourth-order valence-electron chi connectivity index (χ4n) is 4.79. The predicted molar refractivity (Wildman–Crippen MR) is 108 cm³/mol. The molecule has 2 aliphatic carbocycles. The average Bonchev–Trinajstić information content (AvgIpc) is 3.23. The van der Waals surface area contributed by atoms with Gasteiger partial charge in [0, 0.05) is 18.3 Å². The van der Waals surface area contributed by atoms with Crippen molar-refractivity contribution >= 4 is 11.9 Å². The van der Waals surface area contributed by atoms with Gasteiger partial charge in [-0.3, -0.25) is 4.79 Å². The van der Waals surface area contributed by atoms with Crippen LogP contribution in [0.2, 0.25) is 0 Å². The van der Waals surface area contributed by atoms with Crippen LogP contribution in [0.15, 0.2) is 54.6 Å². The van der Waals surface area contributed by atoms with Crippen LogP contribution < -0.4 is 0 Å². The van der Waals surface area contributed by atoms with E-state index >= 15 is 0 Å². The normalized spacial score (nSPS) is 32.2. The van der Waals surface area contributed by atoms with Gasteiger partial charge < -0.3 is 14.6 Å². The number of allylic oxidation sites excluding steroid dienone is 2. The molecule has 1 aromatic rings. The summed E-state index contributed by atoms with van der Waals surface area (Å²) in [4.78, 5) is 24.3. The quantitative estimate of drug-likeness (QED) is 0.584. The van der Waals surface area contributed by atoms with Crippen LogP contribution in [0.5, 0.6) is 0 Å². The highest BCUT2D eigenvalue weighted by Crippen LogP contribution is 2.43. The molecular weight excluding hydrogens is 368 g/mol. The van der Waals surface area contributed by atoms with E-state index in [0.717, 1.165) is 12.8 Å². The number of fused-ring (bicyclic) bond motifs is 1. The Hall–Kier alpha value is -2.40. The minimum absolute atomic E-state index is 0.00546. The lowest BCUT2D eigenvalue weighted by Gasteiger charge is -2.21. The zero-order valence-corrected chi connectivity index (χ0v) is 16.5. The third-order valence-electron chi connectivity index (χ3n) is 6.27. The zero-order valence-electron chi connectivity index (χ0n) is 16.5. The minimum Gasteiger partial charge on any atom is -0.462 e. The number of carbonyl (C=O) groups is 2. The van der Waals surface area contributed by atoms with Gasteiger partial charge in [0.15, 0.2) is 0 Å². The molecule has 0 spiro atoms. The highest BCUT2D eigenvalue weighted by atomic mass is 16.6. The Morgan fingerprint density at radius 1 is 1.31 bits per heavy atom. The first kappa shape index (κ1) is 19.9. The summed E-state index contributed by atoms with van der Waals surface area (Å²) in [5, 5.41) is 10.5. The van der Waals surface area contributed by atoms with Crippen LogP contribution in [-0.4, -0.2) is 35.4 Å². The minimum atomic E-state index is -0.551. The third kappa shape index (κ3) is 4.78. The van der Waals surface area contributed by atoms with Crippen LogP contribution in [-0.2, 0) is 14.3 Å². The molecule has 1 unspecified atom stereocenters. The first-order valence-electron chi connectivity index (χ1n) is 10.6. The summed E-state index contributed by atoms with van der Waals surface area (Å²) < 4.78 is 11.2. The lowest BCUT2D eigenvalue weighted by Crippen LogP contribution is -2.25. The fraction of sp³-hybridized carbons (Fsp3) is 0.500. The van der Waals surface area contributed by atoms with Gasteiger partial charge in [0.2, 0.25) is 0 Å². The van der Waals surface area contributed by atoms with Crippen molar-refractivity contribution in [1.82, 2.24) is 0 Å². The molecule has 2 fully saturated rings. The van der Waals surface area contributed by atoms with Crippen LogP contribution in [0.1, 0.15) is 48.9 Å². The van der Waals surface area contributed by atoms with E-state index in [1.807, 2.05) is 18.2 Å². The molecule has 0 amide bonds. The standard InChI is InChI=1S/C24H28O5/c25-18(13-16-7-3-1-4-8-16)11-12-19-20-14-23(26)28-22(20)15-21(19)29-24(27)17-9-5-2-6-10-17/h2-3,5-7,9-12,16,18-22,25H,1,4,8,13-15H2/t16?,18-,19-,20-,21-,22+/m1/s1. The molecule has 3 aliphatic rings. The van der Waals surface area contributed by atoms with E-state index < -0.39 is 6.10 Å². The van der Waals surface area contributed by atoms with E-state index in [4.69, 9.17) is 9.47 Å². The molecule has 1 saturated carbocycles. The second kappa shape index (κ2) is 8.95. The number of rotatable bonds is 6. The van der Waals surface area contributed by atoms with Crippen molar-refractivity contribution in [2.24, 2.45) is 17.8 Å². The molecule has 1 heterocycles. The summed E-state index contributed by atoms with van der Waals surface area (Å²) >= 11 is 0. The van der Waals surface area contributed by atoms with E-state index in [1.165, 1.54) is 6.42 Å². The van der Waals surface area contributed by atoms with Gasteiger partial charge in [-0.25, -0.2) is 4.79 Å². The Kier molecular flexibility index (Phi) is 6.14. The smallest absolute Gasteiger partial charge is 0.338 e. The van der Waals surface area contributed by atoms with Crippen LogP contribution in [0.3, 0.4) is 0 Å². The lowest BCUT2D eigenvalue weighted by atomic mass is 9.89. The number of hydrogen-bond acceptors (Lipinski definition) is 5. The van der Waals surface area contributed by atoms with Crippen LogP contribution in [0.4, 0.5) is 0 Å². The van der Waals surface area contributed by atoms with Gasteiger partial charge in [0.05, 0.1) is 18.1 Å². The molecule has 4 rings (SSSR count).